The van der Waals surface area contributed by atoms with Crippen molar-refractivity contribution in [2.45, 2.75) is 79.1 Å². The first-order valence-corrected chi connectivity index (χ1v) is 20.6. The van der Waals surface area contributed by atoms with E-state index in [-0.39, 0.29) is 11.8 Å². The Labute approximate surface area is 343 Å². The maximum atomic E-state index is 9.73. The molecule has 8 aromatic rings. The second-order valence-electron chi connectivity index (χ2n) is 16.8. The molecule has 0 amide bonds. The highest BCUT2D eigenvalue weighted by Gasteiger charge is 2.26. The van der Waals surface area contributed by atoms with Crippen LogP contribution in [-0.2, 0) is 0 Å². The lowest BCUT2D eigenvalue weighted by Gasteiger charge is -2.31. The molecule has 0 bridgehead atoms. The summed E-state index contributed by atoms with van der Waals surface area (Å²) in [4.78, 5) is 4.74. The SMILES string of the molecule is CC(C)c1ccc(N(c2ccc(C#N)cc2)c2cc(C(C)C)c3ccc4c(N(c5ccc(C#N)cc5)c5ccc(C(C)C)cc5)cc(C(C)C)c5ccc2c3c54)cc1. The Morgan fingerprint density at radius 1 is 0.362 bits per heavy atom. The van der Waals surface area contributed by atoms with E-state index in [1.165, 1.54) is 54.6 Å². The second-order valence-corrected chi connectivity index (χ2v) is 16.8. The van der Waals surface area contributed by atoms with E-state index in [2.05, 4.69) is 187 Å². The summed E-state index contributed by atoms with van der Waals surface area (Å²) in [6.45, 7) is 18.1. The lowest BCUT2D eigenvalue weighted by molar-refractivity contribution is 0.866. The predicted octanol–water partition coefficient (Wildman–Crippen LogP) is 15.8. The van der Waals surface area contributed by atoms with Crippen LogP contribution in [0.4, 0.5) is 34.1 Å². The number of anilines is 6. The van der Waals surface area contributed by atoms with Crippen LogP contribution in [0.2, 0.25) is 0 Å². The van der Waals surface area contributed by atoms with Gasteiger partial charge in [-0.3, -0.25) is 0 Å². The van der Waals surface area contributed by atoms with Gasteiger partial charge in [0.2, 0.25) is 0 Å². The van der Waals surface area contributed by atoms with E-state index in [1.807, 2.05) is 24.3 Å². The van der Waals surface area contributed by atoms with Crippen molar-refractivity contribution in [2.75, 3.05) is 9.80 Å². The smallest absolute Gasteiger partial charge is 0.0991 e. The first-order valence-electron chi connectivity index (χ1n) is 20.6. The molecule has 0 aliphatic heterocycles. The lowest BCUT2D eigenvalue weighted by Crippen LogP contribution is -2.13. The molecule has 0 aliphatic carbocycles. The van der Waals surface area contributed by atoms with Gasteiger partial charge in [-0.2, -0.15) is 10.5 Å². The Hall–Kier alpha value is -6.62. The molecule has 4 nitrogen and oxygen atoms in total. The Bertz CT molecular complexity index is 2630. The van der Waals surface area contributed by atoms with Crippen LogP contribution in [-0.4, -0.2) is 0 Å². The number of benzene rings is 8. The van der Waals surface area contributed by atoms with Crippen LogP contribution in [0.25, 0.3) is 32.3 Å². The fourth-order valence-corrected chi connectivity index (χ4v) is 8.58. The van der Waals surface area contributed by atoms with Crippen LogP contribution in [0.15, 0.2) is 133 Å². The Balaban J connectivity index is 1.48. The molecule has 0 N–H and O–H groups in total. The first-order chi connectivity index (χ1) is 28.0. The number of nitrogens with zero attached hydrogens (tertiary/aromatic N) is 4. The Morgan fingerprint density at radius 2 is 0.655 bits per heavy atom. The molecule has 0 heterocycles. The topological polar surface area (TPSA) is 54.1 Å². The van der Waals surface area contributed by atoms with Gasteiger partial charge >= 0.3 is 0 Å². The van der Waals surface area contributed by atoms with E-state index in [1.54, 1.807) is 0 Å². The van der Waals surface area contributed by atoms with E-state index < -0.39 is 0 Å². The van der Waals surface area contributed by atoms with E-state index >= 15 is 0 Å². The van der Waals surface area contributed by atoms with E-state index in [0.29, 0.717) is 23.0 Å². The van der Waals surface area contributed by atoms with Crippen LogP contribution in [0.3, 0.4) is 0 Å². The molecule has 0 unspecified atom stereocenters. The van der Waals surface area contributed by atoms with Crippen LogP contribution in [0, 0.1) is 22.7 Å². The summed E-state index contributed by atoms with van der Waals surface area (Å²) in [5, 5.41) is 26.8. The summed E-state index contributed by atoms with van der Waals surface area (Å²) in [5.41, 5.74) is 12.8. The Morgan fingerprint density at radius 3 is 0.931 bits per heavy atom. The molecule has 286 valence electrons. The molecule has 8 rings (SSSR count). The lowest BCUT2D eigenvalue weighted by atomic mass is 9.84. The summed E-state index contributed by atoms with van der Waals surface area (Å²) in [6, 6.07) is 52.5. The first kappa shape index (κ1) is 38.3. The van der Waals surface area contributed by atoms with Gasteiger partial charge in [-0.1, -0.05) is 104 Å². The highest BCUT2D eigenvalue weighted by Crippen LogP contribution is 2.51. The molecule has 4 heteroatoms. The van der Waals surface area contributed by atoms with Crippen molar-refractivity contribution in [3.63, 3.8) is 0 Å². The van der Waals surface area contributed by atoms with Gasteiger partial charge < -0.3 is 9.80 Å². The van der Waals surface area contributed by atoms with Crippen LogP contribution in [0.1, 0.15) is 112 Å². The molecule has 58 heavy (non-hydrogen) atoms. The largest absolute Gasteiger partial charge is 0.310 e. The van der Waals surface area contributed by atoms with Gasteiger partial charge in [0, 0.05) is 33.5 Å². The predicted molar refractivity (Wildman–Crippen MR) is 245 cm³/mol. The summed E-state index contributed by atoms with van der Waals surface area (Å²) < 4.78 is 0. The van der Waals surface area contributed by atoms with Gasteiger partial charge in [0.1, 0.15) is 0 Å². The summed E-state index contributed by atoms with van der Waals surface area (Å²) in [6.07, 6.45) is 0. The van der Waals surface area contributed by atoms with Gasteiger partial charge in [-0.15, -0.1) is 0 Å². The van der Waals surface area contributed by atoms with Gasteiger partial charge in [0.15, 0.2) is 0 Å². The van der Waals surface area contributed by atoms with Crippen molar-refractivity contribution >= 4 is 66.4 Å². The van der Waals surface area contributed by atoms with Gasteiger partial charge in [-0.25, -0.2) is 0 Å². The average Bonchev–Trinajstić information content (AvgIpc) is 3.24. The fraction of sp³-hybridized carbons (Fsp3) is 0.222. The minimum absolute atomic E-state index is 0.258. The zero-order chi connectivity index (χ0) is 40.8. The molecule has 0 aromatic heterocycles. The number of nitriles is 2. The van der Waals surface area contributed by atoms with Crippen molar-refractivity contribution in [3.05, 3.63) is 167 Å². The molecule has 0 radical (unpaired) electrons. The van der Waals surface area contributed by atoms with Crippen molar-refractivity contribution in [2.24, 2.45) is 0 Å². The monoisotopic (exact) mass is 754 g/mol. The van der Waals surface area contributed by atoms with Gasteiger partial charge in [0.25, 0.3) is 0 Å². The third-order valence-corrected chi connectivity index (χ3v) is 11.8. The molecular formula is C54H50N4. The maximum absolute atomic E-state index is 9.73. The van der Waals surface area contributed by atoms with Crippen molar-refractivity contribution < 1.29 is 0 Å². The summed E-state index contributed by atoms with van der Waals surface area (Å²) in [7, 11) is 0. The molecule has 0 spiro atoms. The van der Waals surface area contributed by atoms with Crippen LogP contribution in [0.5, 0.6) is 0 Å². The standard InChI is InChI=1S/C54H50N4/c1-33(2)39-13-21-43(22-14-39)57(41-17-9-37(31-55)10-18-41)51-29-49(35(5)6)45-26-28-48-52(30-50(36(7)8)46-25-27-47(51)53(45)54(46)48)58(42-19-11-38(32-56)12-20-42)44-23-15-40(16-24-44)34(3)4/h9-30,33-36H,1-8H3. The third-order valence-electron chi connectivity index (χ3n) is 11.8. The number of rotatable bonds is 10. The van der Waals surface area contributed by atoms with Crippen molar-refractivity contribution in [1.82, 2.24) is 0 Å². The molecular weight excluding hydrogens is 705 g/mol. The third kappa shape index (κ3) is 6.70. The van der Waals surface area contributed by atoms with Gasteiger partial charge in [0.05, 0.1) is 34.6 Å². The fourth-order valence-electron chi connectivity index (χ4n) is 8.58. The molecule has 0 aliphatic rings. The maximum Gasteiger partial charge on any atom is 0.0991 e. The summed E-state index contributed by atoms with van der Waals surface area (Å²) >= 11 is 0. The minimum atomic E-state index is 0.258. The van der Waals surface area contributed by atoms with E-state index in [9.17, 15) is 10.5 Å². The zero-order valence-electron chi connectivity index (χ0n) is 34.8. The van der Waals surface area contributed by atoms with Crippen LogP contribution >= 0.6 is 0 Å². The Kier molecular flexibility index (Phi) is 10.1. The normalized spacial score (nSPS) is 11.7. The van der Waals surface area contributed by atoms with Gasteiger partial charge in [-0.05, 0) is 152 Å². The highest BCUT2D eigenvalue weighted by atomic mass is 15.1. The second kappa shape index (κ2) is 15.4. The van der Waals surface area contributed by atoms with E-state index in [0.717, 1.165) is 34.1 Å². The van der Waals surface area contributed by atoms with E-state index in [4.69, 9.17) is 0 Å². The zero-order valence-corrected chi connectivity index (χ0v) is 34.8. The quantitative estimate of drug-likeness (QED) is 0.130. The molecule has 0 saturated heterocycles. The molecule has 0 fully saturated rings. The molecule has 0 atom stereocenters. The minimum Gasteiger partial charge on any atom is -0.310 e. The number of hydrogen-bond donors (Lipinski definition) is 0. The summed E-state index contributed by atoms with van der Waals surface area (Å²) in [5.74, 6) is 1.35. The molecule has 8 aromatic carbocycles. The van der Waals surface area contributed by atoms with Crippen molar-refractivity contribution in [1.29, 1.82) is 10.5 Å². The number of hydrogen-bond acceptors (Lipinski definition) is 4. The van der Waals surface area contributed by atoms with Crippen molar-refractivity contribution in [3.8, 4) is 12.1 Å². The van der Waals surface area contributed by atoms with Crippen LogP contribution < -0.4 is 9.80 Å². The highest BCUT2D eigenvalue weighted by molar-refractivity contribution is 6.29. The molecule has 0 saturated carbocycles. The average molecular weight is 755 g/mol.